The van der Waals surface area contributed by atoms with Crippen LogP contribution in [-0.2, 0) is 24.3 Å². The van der Waals surface area contributed by atoms with Gasteiger partial charge in [-0.2, -0.15) is 9.57 Å². The summed E-state index contributed by atoms with van der Waals surface area (Å²) in [5.74, 6) is -3.53. The predicted octanol–water partition coefficient (Wildman–Crippen LogP) is 1.27. The Hall–Kier alpha value is -2.64. The Morgan fingerprint density at radius 1 is 1.41 bits per heavy atom. The Morgan fingerprint density at radius 3 is 2.59 bits per heavy atom. The summed E-state index contributed by atoms with van der Waals surface area (Å²) in [6.45, 7) is 0.670. The zero-order valence-electron chi connectivity index (χ0n) is 14.5. The molecule has 0 radical (unpaired) electrons. The van der Waals surface area contributed by atoms with E-state index < -0.39 is 46.2 Å². The van der Waals surface area contributed by atoms with Crippen LogP contribution in [0.25, 0.3) is 0 Å². The van der Waals surface area contributed by atoms with Gasteiger partial charge in [-0.3, -0.25) is 9.59 Å². The van der Waals surface area contributed by atoms with E-state index in [0.29, 0.717) is 6.42 Å². The van der Waals surface area contributed by atoms with Crippen molar-refractivity contribution in [2.45, 2.75) is 30.7 Å². The summed E-state index contributed by atoms with van der Waals surface area (Å²) in [5.41, 5.74) is -0.167. The van der Waals surface area contributed by atoms with Crippen molar-refractivity contribution in [3.8, 4) is 6.07 Å². The van der Waals surface area contributed by atoms with Crippen LogP contribution in [0.15, 0.2) is 29.2 Å². The molecule has 0 bridgehead atoms. The standard InChI is InChI=1S/C17H18FN3O5S/c1-11(20)14(9-19)16(22)10-26-17(23)15-3-2-8-21(15)27(24,25)13-6-4-12(18)5-7-13/h4-7,14-15,20H,2-3,8,10H2,1H3/t14?,15-/m0/s1. The Balaban J connectivity index is 2.10. The first-order valence-corrected chi connectivity index (χ1v) is 9.54. The van der Waals surface area contributed by atoms with Crippen LogP contribution < -0.4 is 0 Å². The average Bonchev–Trinajstić information content (AvgIpc) is 3.11. The number of rotatable bonds is 7. The quantitative estimate of drug-likeness (QED) is 0.547. The van der Waals surface area contributed by atoms with Crippen LogP contribution in [0.3, 0.4) is 0 Å². The van der Waals surface area contributed by atoms with Gasteiger partial charge in [-0.15, -0.1) is 0 Å². The van der Waals surface area contributed by atoms with E-state index in [0.717, 1.165) is 28.6 Å². The smallest absolute Gasteiger partial charge is 0.324 e. The molecule has 1 aromatic rings. The number of benzene rings is 1. The Bertz CT molecular complexity index is 892. The van der Waals surface area contributed by atoms with Gasteiger partial charge in [0, 0.05) is 12.3 Å². The molecule has 0 aromatic heterocycles. The molecule has 10 heteroatoms. The third kappa shape index (κ3) is 4.56. The maximum Gasteiger partial charge on any atom is 0.324 e. The van der Waals surface area contributed by atoms with Gasteiger partial charge in [-0.25, -0.2) is 12.8 Å². The van der Waals surface area contributed by atoms with Gasteiger partial charge in [-0.05, 0) is 44.0 Å². The molecule has 144 valence electrons. The van der Waals surface area contributed by atoms with Crippen molar-refractivity contribution in [1.29, 1.82) is 10.7 Å². The van der Waals surface area contributed by atoms with Crippen LogP contribution in [0.2, 0.25) is 0 Å². The molecule has 1 unspecified atom stereocenters. The van der Waals surface area contributed by atoms with E-state index in [1.54, 1.807) is 6.07 Å². The van der Waals surface area contributed by atoms with Crippen LogP contribution >= 0.6 is 0 Å². The number of hydrogen-bond donors (Lipinski definition) is 1. The molecule has 8 nitrogen and oxygen atoms in total. The highest BCUT2D eigenvalue weighted by Crippen LogP contribution is 2.27. The second-order valence-corrected chi connectivity index (χ2v) is 7.94. The zero-order chi connectivity index (χ0) is 20.2. The molecular weight excluding hydrogens is 377 g/mol. The molecule has 1 fully saturated rings. The maximum absolute atomic E-state index is 13.0. The van der Waals surface area contributed by atoms with Crippen LogP contribution in [-0.4, -0.2) is 49.4 Å². The normalized spacial score (nSPS) is 18.5. The molecular formula is C17H18FN3O5S. The minimum atomic E-state index is -4.03. The molecule has 2 atom stereocenters. The van der Waals surface area contributed by atoms with Crippen molar-refractivity contribution in [3.05, 3.63) is 30.1 Å². The Labute approximate surface area is 156 Å². The molecule has 0 aliphatic carbocycles. The number of esters is 1. The van der Waals surface area contributed by atoms with E-state index >= 15 is 0 Å². The second kappa shape index (κ2) is 8.37. The lowest BCUT2D eigenvalue weighted by Crippen LogP contribution is -2.42. The number of Topliss-reactive ketones (excluding diaryl/α,β-unsaturated/α-hetero) is 1. The number of nitriles is 1. The first-order chi connectivity index (χ1) is 12.7. The molecule has 27 heavy (non-hydrogen) atoms. The maximum atomic E-state index is 13.0. The van der Waals surface area contributed by atoms with Gasteiger partial charge >= 0.3 is 5.97 Å². The fourth-order valence-corrected chi connectivity index (χ4v) is 4.38. The molecule has 1 N–H and O–H groups in total. The summed E-state index contributed by atoms with van der Waals surface area (Å²) in [4.78, 5) is 24.0. The first kappa shape index (κ1) is 20.7. The summed E-state index contributed by atoms with van der Waals surface area (Å²) in [6, 6.07) is 4.79. The molecule has 2 rings (SSSR count). The van der Waals surface area contributed by atoms with Gasteiger partial charge in [0.05, 0.1) is 11.0 Å². The summed E-state index contributed by atoms with van der Waals surface area (Å²) >= 11 is 0. The lowest BCUT2D eigenvalue weighted by molar-refractivity contribution is -0.151. The number of ether oxygens (including phenoxy) is 1. The monoisotopic (exact) mass is 395 g/mol. The lowest BCUT2D eigenvalue weighted by atomic mass is 10.0. The molecule has 0 saturated carbocycles. The highest BCUT2D eigenvalue weighted by atomic mass is 32.2. The Kier molecular flexibility index (Phi) is 6.41. The number of carbonyl (C=O) groups excluding carboxylic acids is 2. The lowest BCUT2D eigenvalue weighted by Gasteiger charge is -2.22. The van der Waals surface area contributed by atoms with Crippen molar-refractivity contribution in [2.75, 3.05) is 13.2 Å². The summed E-state index contributed by atoms with van der Waals surface area (Å²) < 4.78 is 44.3. The number of carbonyl (C=O) groups is 2. The summed E-state index contributed by atoms with van der Waals surface area (Å²) in [6.07, 6.45) is 0.646. The van der Waals surface area contributed by atoms with E-state index in [2.05, 4.69) is 0 Å². The number of nitrogens with zero attached hydrogens (tertiary/aromatic N) is 2. The van der Waals surface area contributed by atoms with Gasteiger partial charge in [0.2, 0.25) is 10.0 Å². The highest BCUT2D eigenvalue weighted by Gasteiger charge is 2.40. The SMILES string of the molecule is CC(=N)C(C#N)C(=O)COC(=O)[C@@H]1CCCN1S(=O)(=O)c1ccc(F)cc1. The number of sulfonamides is 1. The minimum Gasteiger partial charge on any atom is -0.456 e. The molecule has 1 aromatic carbocycles. The van der Waals surface area contributed by atoms with Crippen LogP contribution in [0.5, 0.6) is 0 Å². The topological polar surface area (TPSA) is 128 Å². The van der Waals surface area contributed by atoms with Crippen molar-refractivity contribution in [1.82, 2.24) is 4.31 Å². The molecule has 1 heterocycles. The molecule has 1 aliphatic rings. The van der Waals surface area contributed by atoms with Gasteiger partial charge in [0.25, 0.3) is 0 Å². The van der Waals surface area contributed by atoms with Gasteiger partial charge in [-0.1, -0.05) is 0 Å². The first-order valence-electron chi connectivity index (χ1n) is 8.10. The zero-order valence-corrected chi connectivity index (χ0v) is 15.3. The van der Waals surface area contributed by atoms with Crippen molar-refractivity contribution in [3.63, 3.8) is 0 Å². The number of nitrogens with one attached hydrogen (secondary N) is 1. The molecule has 0 amide bonds. The van der Waals surface area contributed by atoms with Gasteiger partial charge in [0.1, 0.15) is 17.8 Å². The van der Waals surface area contributed by atoms with Crippen LogP contribution in [0, 0.1) is 28.5 Å². The molecule has 1 saturated heterocycles. The Morgan fingerprint density at radius 2 is 2.04 bits per heavy atom. The third-order valence-corrected chi connectivity index (χ3v) is 6.06. The van der Waals surface area contributed by atoms with Crippen molar-refractivity contribution in [2.24, 2.45) is 5.92 Å². The van der Waals surface area contributed by atoms with Gasteiger partial charge < -0.3 is 10.1 Å². The second-order valence-electron chi connectivity index (χ2n) is 6.05. The fourth-order valence-electron chi connectivity index (χ4n) is 2.74. The van der Waals surface area contributed by atoms with Crippen LogP contribution in [0.1, 0.15) is 19.8 Å². The third-order valence-electron chi connectivity index (χ3n) is 4.14. The van der Waals surface area contributed by atoms with Crippen molar-refractivity contribution < 1.29 is 27.1 Å². The predicted molar refractivity (Wildman–Crippen MR) is 91.8 cm³/mol. The molecule has 1 aliphatic heterocycles. The fraction of sp³-hybridized carbons (Fsp3) is 0.412. The van der Waals surface area contributed by atoms with E-state index in [9.17, 15) is 22.4 Å². The summed E-state index contributed by atoms with van der Waals surface area (Å²) in [5, 5.41) is 16.2. The number of hydrogen-bond acceptors (Lipinski definition) is 7. The highest BCUT2D eigenvalue weighted by molar-refractivity contribution is 7.89. The summed E-state index contributed by atoms with van der Waals surface area (Å²) in [7, 11) is -4.03. The number of ketones is 1. The minimum absolute atomic E-state index is 0.0911. The van der Waals surface area contributed by atoms with Crippen molar-refractivity contribution >= 4 is 27.5 Å². The molecule has 0 spiro atoms. The largest absolute Gasteiger partial charge is 0.456 e. The van der Waals surface area contributed by atoms with E-state index in [1.165, 1.54) is 6.92 Å². The average molecular weight is 395 g/mol. The van der Waals surface area contributed by atoms with E-state index in [1.807, 2.05) is 0 Å². The number of halogens is 1. The van der Waals surface area contributed by atoms with E-state index in [-0.39, 0.29) is 23.6 Å². The van der Waals surface area contributed by atoms with Crippen LogP contribution in [0.4, 0.5) is 4.39 Å². The van der Waals surface area contributed by atoms with E-state index in [4.69, 9.17) is 15.4 Å². The van der Waals surface area contributed by atoms with Gasteiger partial charge in [0.15, 0.2) is 12.4 Å².